The maximum absolute atomic E-state index is 11.8. The summed E-state index contributed by atoms with van der Waals surface area (Å²) in [7, 11) is 0. The van der Waals surface area contributed by atoms with Gasteiger partial charge >= 0.3 is 5.97 Å². The van der Waals surface area contributed by atoms with Crippen molar-refractivity contribution < 1.29 is 18.9 Å². The number of non-ortho nitro benzene ring substituents is 1. The predicted molar refractivity (Wildman–Crippen MR) is 94.2 cm³/mol. The molecule has 0 aliphatic carbocycles. The number of thiophene rings is 1. The molecule has 1 aromatic carbocycles. The molecule has 0 bridgehead atoms. The van der Waals surface area contributed by atoms with Crippen LogP contribution < -0.4 is 0 Å². The number of nitrogens with zero attached hydrogens (tertiary/aromatic N) is 3. The SMILES string of the molecule is C[C@H](OC(=O)/C=C/c1cccs1)c1nnc(-c2ccc([N+](=O)[O-])cc2)o1. The molecule has 26 heavy (non-hydrogen) atoms. The molecule has 1 atom stereocenters. The fourth-order valence-corrected chi connectivity index (χ4v) is 2.66. The van der Waals surface area contributed by atoms with Gasteiger partial charge in [-0.2, -0.15) is 0 Å². The minimum Gasteiger partial charge on any atom is -0.449 e. The van der Waals surface area contributed by atoms with Gasteiger partial charge in [0.15, 0.2) is 6.10 Å². The van der Waals surface area contributed by atoms with Crippen LogP contribution in [-0.2, 0) is 9.53 Å². The first kappa shape index (κ1) is 17.5. The van der Waals surface area contributed by atoms with Crippen molar-refractivity contribution in [1.82, 2.24) is 10.2 Å². The largest absolute Gasteiger partial charge is 0.449 e. The van der Waals surface area contributed by atoms with E-state index in [0.717, 1.165) is 4.88 Å². The van der Waals surface area contributed by atoms with Crippen LogP contribution in [0.15, 0.2) is 52.3 Å². The summed E-state index contributed by atoms with van der Waals surface area (Å²) in [6, 6.07) is 9.48. The van der Waals surface area contributed by atoms with Gasteiger partial charge in [0.2, 0.25) is 5.89 Å². The van der Waals surface area contributed by atoms with Crippen LogP contribution in [0.5, 0.6) is 0 Å². The highest BCUT2D eigenvalue weighted by atomic mass is 32.1. The molecular weight excluding hydrogens is 358 g/mol. The van der Waals surface area contributed by atoms with E-state index in [0.29, 0.717) is 5.56 Å². The Morgan fingerprint density at radius 3 is 2.73 bits per heavy atom. The van der Waals surface area contributed by atoms with Crippen LogP contribution in [0.4, 0.5) is 5.69 Å². The quantitative estimate of drug-likeness (QED) is 0.278. The van der Waals surface area contributed by atoms with E-state index >= 15 is 0 Å². The summed E-state index contributed by atoms with van der Waals surface area (Å²) in [5.74, 6) is -0.205. The second-order valence-electron chi connectivity index (χ2n) is 5.18. The number of hydrogen-bond donors (Lipinski definition) is 0. The molecule has 3 aromatic rings. The Kier molecular flexibility index (Phi) is 5.18. The Balaban J connectivity index is 1.64. The van der Waals surface area contributed by atoms with Gasteiger partial charge in [-0.15, -0.1) is 21.5 Å². The Labute approximate surface area is 151 Å². The zero-order valence-electron chi connectivity index (χ0n) is 13.6. The van der Waals surface area contributed by atoms with Gasteiger partial charge in [0, 0.05) is 28.6 Å². The van der Waals surface area contributed by atoms with Crippen LogP contribution in [0.2, 0.25) is 0 Å². The highest BCUT2D eigenvalue weighted by Crippen LogP contribution is 2.24. The molecule has 0 saturated carbocycles. The average Bonchev–Trinajstić information content (AvgIpc) is 3.32. The number of carbonyl (C=O) groups is 1. The van der Waals surface area contributed by atoms with Crippen molar-refractivity contribution in [3.63, 3.8) is 0 Å². The van der Waals surface area contributed by atoms with Crippen LogP contribution in [0.3, 0.4) is 0 Å². The fraction of sp³-hybridized carbons (Fsp3) is 0.118. The van der Waals surface area contributed by atoms with E-state index in [4.69, 9.17) is 9.15 Å². The third-order valence-electron chi connectivity index (χ3n) is 3.33. The van der Waals surface area contributed by atoms with Crippen molar-refractivity contribution in [2.45, 2.75) is 13.0 Å². The van der Waals surface area contributed by atoms with Gasteiger partial charge in [0.1, 0.15) is 0 Å². The Bertz CT molecular complexity index is 932. The highest BCUT2D eigenvalue weighted by Gasteiger charge is 2.18. The molecule has 8 nitrogen and oxygen atoms in total. The number of carbonyl (C=O) groups excluding carboxylic acids is 1. The van der Waals surface area contributed by atoms with E-state index < -0.39 is 17.0 Å². The lowest BCUT2D eigenvalue weighted by molar-refractivity contribution is -0.384. The number of rotatable bonds is 6. The van der Waals surface area contributed by atoms with Gasteiger partial charge in [-0.1, -0.05) is 6.07 Å². The van der Waals surface area contributed by atoms with Gasteiger partial charge in [0.25, 0.3) is 11.6 Å². The molecule has 0 radical (unpaired) electrons. The molecule has 0 aliphatic rings. The average molecular weight is 371 g/mol. The van der Waals surface area contributed by atoms with Crippen molar-refractivity contribution in [3.05, 3.63) is 68.7 Å². The van der Waals surface area contributed by atoms with Crippen molar-refractivity contribution in [2.24, 2.45) is 0 Å². The molecule has 132 valence electrons. The maximum Gasteiger partial charge on any atom is 0.331 e. The molecule has 0 spiro atoms. The lowest BCUT2D eigenvalue weighted by Crippen LogP contribution is -2.06. The van der Waals surface area contributed by atoms with Crippen LogP contribution >= 0.6 is 11.3 Å². The number of esters is 1. The van der Waals surface area contributed by atoms with Crippen molar-refractivity contribution >= 4 is 29.1 Å². The lowest BCUT2D eigenvalue weighted by atomic mass is 10.2. The van der Waals surface area contributed by atoms with E-state index in [1.54, 1.807) is 13.0 Å². The minimum atomic E-state index is -0.727. The summed E-state index contributed by atoms with van der Waals surface area (Å²) in [5.41, 5.74) is 0.499. The second-order valence-corrected chi connectivity index (χ2v) is 6.16. The van der Waals surface area contributed by atoms with Crippen molar-refractivity contribution in [3.8, 4) is 11.5 Å². The number of aromatic nitrogens is 2. The van der Waals surface area contributed by atoms with Crippen LogP contribution in [0.25, 0.3) is 17.5 Å². The Morgan fingerprint density at radius 2 is 2.08 bits per heavy atom. The first-order valence-corrected chi connectivity index (χ1v) is 8.41. The van der Waals surface area contributed by atoms with Crippen molar-refractivity contribution in [2.75, 3.05) is 0 Å². The van der Waals surface area contributed by atoms with E-state index in [2.05, 4.69) is 10.2 Å². The summed E-state index contributed by atoms with van der Waals surface area (Å²) >= 11 is 1.51. The molecule has 0 unspecified atom stereocenters. The topological polar surface area (TPSA) is 108 Å². The Morgan fingerprint density at radius 1 is 1.31 bits per heavy atom. The van der Waals surface area contributed by atoms with Gasteiger partial charge in [-0.25, -0.2) is 4.79 Å². The monoisotopic (exact) mass is 371 g/mol. The van der Waals surface area contributed by atoms with Gasteiger partial charge in [-0.05, 0) is 36.6 Å². The van der Waals surface area contributed by atoms with E-state index in [-0.39, 0.29) is 17.5 Å². The zero-order chi connectivity index (χ0) is 18.5. The summed E-state index contributed by atoms with van der Waals surface area (Å²) < 4.78 is 10.7. The summed E-state index contributed by atoms with van der Waals surface area (Å²) in [4.78, 5) is 23.0. The summed E-state index contributed by atoms with van der Waals surface area (Å²) in [6.45, 7) is 1.62. The third kappa shape index (κ3) is 4.19. The molecule has 0 fully saturated rings. The molecule has 3 rings (SSSR count). The second kappa shape index (κ2) is 7.70. The molecule has 0 N–H and O–H groups in total. The molecule has 0 saturated heterocycles. The first-order valence-electron chi connectivity index (χ1n) is 7.53. The standard InChI is InChI=1S/C17H13N3O5S/c1-11(24-15(21)9-8-14-3-2-10-26-14)16-18-19-17(25-16)12-4-6-13(7-5-12)20(22)23/h2-11H,1H3/b9-8+/t11-/m0/s1. The number of ether oxygens (including phenoxy) is 1. The van der Waals surface area contributed by atoms with Crippen molar-refractivity contribution in [1.29, 1.82) is 0 Å². The molecular formula is C17H13N3O5S. The normalized spacial score (nSPS) is 12.2. The fourth-order valence-electron chi connectivity index (χ4n) is 2.04. The third-order valence-corrected chi connectivity index (χ3v) is 4.17. The van der Waals surface area contributed by atoms with E-state index in [1.165, 1.54) is 41.7 Å². The number of nitro benzene ring substituents is 1. The number of hydrogen-bond acceptors (Lipinski definition) is 8. The minimum absolute atomic E-state index is 0.0340. The predicted octanol–water partition coefficient (Wildman–Crippen LogP) is 4.02. The van der Waals surface area contributed by atoms with Gasteiger partial charge in [-0.3, -0.25) is 10.1 Å². The smallest absolute Gasteiger partial charge is 0.331 e. The first-order chi connectivity index (χ1) is 12.5. The molecule has 0 amide bonds. The maximum atomic E-state index is 11.8. The number of benzene rings is 1. The van der Waals surface area contributed by atoms with Crippen LogP contribution in [0, 0.1) is 10.1 Å². The molecule has 2 aromatic heterocycles. The lowest BCUT2D eigenvalue weighted by Gasteiger charge is -2.06. The Hall–Kier alpha value is -3.33. The van der Waals surface area contributed by atoms with E-state index in [1.807, 2.05) is 17.5 Å². The number of nitro groups is 1. The summed E-state index contributed by atoms with van der Waals surface area (Å²) in [5, 5.41) is 20.3. The van der Waals surface area contributed by atoms with E-state index in [9.17, 15) is 14.9 Å². The van der Waals surface area contributed by atoms with Gasteiger partial charge < -0.3 is 9.15 Å². The van der Waals surface area contributed by atoms with Crippen LogP contribution in [0.1, 0.15) is 23.8 Å². The molecule has 9 heteroatoms. The molecule has 2 heterocycles. The van der Waals surface area contributed by atoms with Gasteiger partial charge in [0.05, 0.1) is 4.92 Å². The van der Waals surface area contributed by atoms with Crippen LogP contribution in [-0.4, -0.2) is 21.1 Å². The zero-order valence-corrected chi connectivity index (χ0v) is 14.4. The highest BCUT2D eigenvalue weighted by molar-refractivity contribution is 7.10. The molecule has 0 aliphatic heterocycles. The summed E-state index contributed by atoms with van der Waals surface area (Å²) in [6.07, 6.45) is 2.26.